The predicted molar refractivity (Wildman–Crippen MR) is 111 cm³/mol. The maximum atomic E-state index is 12.1. The fourth-order valence-corrected chi connectivity index (χ4v) is 3.55. The zero-order valence-corrected chi connectivity index (χ0v) is 15.9. The maximum absolute atomic E-state index is 12.1. The van der Waals surface area contributed by atoms with E-state index in [0.29, 0.717) is 6.54 Å². The first kappa shape index (κ1) is 17.5. The third-order valence-electron chi connectivity index (χ3n) is 5.20. The Morgan fingerprint density at radius 2 is 1.78 bits per heavy atom. The highest BCUT2D eigenvalue weighted by Crippen LogP contribution is 2.23. The largest absolute Gasteiger partial charge is 0.369 e. The molecule has 6 nitrogen and oxygen atoms in total. The normalized spacial score (nSPS) is 15.3. The Balaban J connectivity index is 1.54. The van der Waals surface area contributed by atoms with Crippen LogP contribution in [0.4, 0.5) is 17.2 Å². The molecule has 1 N–H and O–H groups in total. The lowest BCUT2D eigenvalue weighted by Gasteiger charge is -2.34. The van der Waals surface area contributed by atoms with Gasteiger partial charge in [-0.25, -0.2) is 4.98 Å². The minimum atomic E-state index is 0.0127. The number of anilines is 3. The molecule has 0 spiro atoms. The predicted octanol–water partition coefficient (Wildman–Crippen LogP) is 2.91. The van der Waals surface area contributed by atoms with Gasteiger partial charge in [0.25, 0.3) is 5.56 Å². The third kappa shape index (κ3) is 3.66. The number of hydrogen-bond acceptors (Lipinski definition) is 5. The highest BCUT2D eigenvalue weighted by Gasteiger charge is 2.14. The van der Waals surface area contributed by atoms with E-state index in [1.807, 2.05) is 25.3 Å². The lowest BCUT2D eigenvalue weighted by molar-refractivity contribution is 0.313. The number of nitrogens with one attached hydrogen (secondary N) is 1. The van der Waals surface area contributed by atoms with E-state index in [2.05, 4.69) is 51.4 Å². The summed E-state index contributed by atoms with van der Waals surface area (Å²) >= 11 is 0. The SMILES string of the molecule is CCn1c(=O)ccc2cnc(Nc3ccc(N4CCN(C)CC4)cc3)cc21. The lowest BCUT2D eigenvalue weighted by atomic mass is 10.2. The van der Waals surface area contributed by atoms with Crippen LogP contribution in [0.2, 0.25) is 0 Å². The van der Waals surface area contributed by atoms with Crippen molar-refractivity contribution in [3.8, 4) is 0 Å². The van der Waals surface area contributed by atoms with Gasteiger partial charge in [-0.3, -0.25) is 4.79 Å². The molecule has 0 atom stereocenters. The van der Waals surface area contributed by atoms with Crippen LogP contribution in [0.5, 0.6) is 0 Å². The Kier molecular flexibility index (Phi) is 4.81. The number of benzene rings is 1. The fraction of sp³-hybridized carbons (Fsp3) is 0.333. The zero-order chi connectivity index (χ0) is 18.8. The van der Waals surface area contributed by atoms with E-state index >= 15 is 0 Å². The maximum Gasteiger partial charge on any atom is 0.251 e. The van der Waals surface area contributed by atoms with Crippen molar-refractivity contribution in [1.82, 2.24) is 14.5 Å². The molecular formula is C21H25N5O. The van der Waals surface area contributed by atoms with Crippen LogP contribution in [-0.4, -0.2) is 47.7 Å². The molecule has 6 heteroatoms. The second kappa shape index (κ2) is 7.40. The van der Waals surface area contributed by atoms with Crippen molar-refractivity contribution >= 4 is 28.1 Å². The van der Waals surface area contributed by atoms with Crippen molar-refractivity contribution in [2.45, 2.75) is 13.5 Å². The average molecular weight is 363 g/mol. The van der Waals surface area contributed by atoms with Gasteiger partial charge in [0.05, 0.1) is 5.52 Å². The van der Waals surface area contributed by atoms with Crippen LogP contribution in [0.25, 0.3) is 10.9 Å². The second-order valence-corrected chi connectivity index (χ2v) is 7.01. The Bertz CT molecular complexity index is 988. The van der Waals surface area contributed by atoms with Gasteiger partial charge in [0, 0.05) is 67.8 Å². The van der Waals surface area contributed by atoms with Crippen molar-refractivity contribution in [3.63, 3.8) is 0 Å². The molecule has 3 aromatic rings. The van der Waals surface area contributed by atoms with Crippen LogP contribution in [0, 0.1) is 0 Å². The molecule has 140 valence electrons. The molecular weight excluding hydrogens is 338 g/mol. The molecule has 0 bridgehead atoms. The number of likely N-dealkylation sites (N-methyl/N-ethyl adjacent to an activating group) is 1. The number of fused-ring (bicyclic) bond motifs is 1. The van der Waals surface area contributed by atoms with Gasteiger partial charge in [0.15, 0.2) is 0 Å². The van der Waals surface area contributed by atoms with E-state index in [9.17, 15) is 4.79 Å². The summed E-state index contributed by atoms with van der Waals surface area (Å²) in [5.74, 6) is 0.739. The molecule has 27 heavy (non-hydrogen) atoms. The summed E-state index contributed by atoms with van der Waals surface area (Å²) in [7, 11) is 2.17. The summed E-state index contributed by atoms with van der Waals surface area (Å²) in [5.41, 5.74) is 3.15. The number of hydrogen-bond donors (Lipinski definition) is 1. The molecule has 0 radical (unpaired) electrons. The van der Waals surface area contributed by atoms with E-state index in [1.54, 1.807) is 10.6 Å². The molecule has 1 aliphatic rings. The summed E-state index contributed by atoms with van der Waals surface area (Å²) in [6.45, 7) is 6.93. The fourth-order valence-electron chi connectivity index (χ4n) is 3.55. The van der Waals surface area contributed by atoms with Crippen molar-refractivity contribution in [2.75, 3.05) is 43.4 Å². The summed E-state index contributed by atoms with van der Waals surface area (Å²) in [6, 6.07) is 13.8. The van der Waals surface area contributed by atoms with Gasteiger partial charge in [-0.2, -0.15) is 0 Å². The summed E-state index contributed by atoms with van der Waals surface area (Å²) in [6.07, 6.45) is 1.81. The Morgan fingerprint density at radius 3 is 2.48 bits per heavy atom. The van der Waals surface area contributed by atoms with Crippen LogP contribution in [-0.2, 0) is 6.54 Å². The molecule has 4 rings (SSSR count). The molecule has 1 fully saturated rings. The summed E-state index contributed by atoms with van der Waals surface area (Å²) in [5, 5.41) is 4.32. The molecule has 1 saturated heterocycles. The van der Waals surface area contributed by atoms with Crippen LogP contribution >= 0.6 is 0 Å². The highest BCUT2D eigenvalue weighted by atomic mass is 16.1. The zero-order valence-electron chi connectivity index (χ0n) is 15.9. The molecule has 0 saturated carbocycles. The molecule has 3 heterocycles. The first-order valence-corrected chi connectivity index (χ1v) is 9.44. The van der Waals surface area contributed by atoms with Crippen LogP contribution in [0.3, 0.4) is 0 Å². The molecule has 2 aromatic heterocycles. The highest BCUT2D eigenvalue weighted by molar-refractivity contribution is 5.81. The van der Waals surface area contributed by atoms with Crippen molar-refractivity contribution < 1.29 is 0 Å². The van der Waals surface area contributed by atoms with Gasteiger partial charge >= 0.3 is 0 Å². The second-order valence-electron chi connectivity index (χ2n) is 7.01. The molecule has 1 aliphatic heterocycles. The molecule has 1 aromatic carbocycles. The van der Waals surface area contributed by atoms with Gasteiger partial charge in [0.2, 0.25) is 0 Å². The van der Waals surface area contributed by atoms with Crippen molar-refractivity contribution in [1.29, 1.82) is 0 Å². The van der Waals surface area contributed by atoms with Crippen LogP contribution < -0.4 is 15.8 Å². The van der Waals surface area contributed by atoms with E-state index in [-0.39, 0.29) is 5.56 Å². The van der Waals surface area contributed by atoms with E-state index < -0.39 is 0 Å². The lowest BCUT2D eigenvalue weighted by Crippen LogP contribution is -2.44. The first-order chi connectivity index (χ1) is 13.1. The number of piperazine rings is 1. The van der Waals surface area contributed by atoms with Gasteiger partial charge < -0.3 is 19.7 Å². The Hall–Kier alpha value is -2.86. The number of aryl methyl sites for hydroxylation is 1. The van der Waals surface area contributed by atoms with Gasteiger partial charge in [-0.1, -0.05) is 0 Å². The van der Waals surface area contributed by atoms with Crippen molar-refractivity contribution in [3.05, 3.63) is 59.0 Å². The Morgan fingerprint density at radius 1 is 1.04 bits per heavy atom. The standard InChI is InChI=1S/C21H25N5O/c1-3-26-19-14-20(22-15-16(19)4-9-21(26)27)23-17-5-7-18(8-6-17)25-12-10-24(2)11-13-25/h4-9,14-15H,3,10-13H2,1-2H3,(H,22,23). The first-order valence-electron chi connectivity index (χ1n) is 9.44. The minimum absolute atomic E-state index is 0.0127. The molecule has 0 aliphatic carbocycles. The average Bonchev–Trinajstić information content (AvgIpc) is 2.69. The molecule has 0 amide bonds. The Labute approximate surface area is 159 Å². The van der Waals surface area contributed by atoms with Gasteiger partial charge in [-0.05, 0) is 44.3 Å². The van der Waals surface area contributed by atoms with E-state index in [1.165, 1.54) is 5.69 Å². The summed E-state index contributed by atoms with van der Waals surface area (Å²) < 4.78 is 1.76. The smallest absolute Gasteiger partial charge is 0.251 e. The number of rotatable bonds is 4. The quantitative estimate of drug-likeness (QED) is 0.772. The number of pyridine rings is 2. The number of aromatic nitrogens is 2. The van der Waals surface area contributed by atoms with Gasteiger partial charge in [0.1, 0.15) is 5.82 Å². The topological polar surface area (TPSA) is 53.4 Å². The molecule has 0 unspecified atom stereocenters. The van der Waals surface area contributed by atoms with Crippen molar-refractivity contribution in [2.24, 2.45) is 0 Å². The minimum Gasteiger partial charge on any atom is -0.369 e. The summed E-state index contributed by atoms with van der Waals surface area (Å²) in [4.78, 5) is 21.3. The third-order valence-corrected chi connectivity index (χ3v) is 5.20. The van der Waals surface area contributed by atoms with E-state index in [4.69, 9.17) is 0 Å². The van der Waals surface area contributed by atoms with Crippen LogP contribution in [0.1, 0.15) is 6.92 Å². The van der Waals surface area contributed by atoms with E-state index in [0.717, 1.165) is 48.6 Å². The number of nitrogens with zero attached hydrogens (tertiary/aromatic N) is 4. The van der Waals surface area contributed by atoms with Crippen LogP contribution in [0.15, 0.2) is 53.5 Å². The van der Waals surface area contributed by atoms with Gasteiger partial charge in [-0.15, -0.1) is 0 Å². The monoisotopic (exact) mass is 363 g/mol.